The molecule has 2 nitrogen and oxygen atoms in total. The normalized spacial score (nSPS) is 14.2. The van der Waals surface area contributed by atoms with Crippen LogP contribution in [0, 0.1) is 5.92 Å². The molecule has 21 heavy (non-hydrogen) atoms. The van der Waals surface area contributed by atoms with Crippen molar-refractivity contribution in [3.63, 3.8) is 0 Å². The number of carboxylic acids is 1. The van der Waals surface area contributed by atoms with Crippen LogP contribution in [0.25, 0.3) is 0 Å². The minimum Gasteiger partial charge on any atom is -0.481 e. The molecule has 0 aromatic heterocycles. The van der Waals surface area contributed by atoms with E-state index in [1.54, 1.807) is 0 Å². The smallest absolute Gasteiger partial charge is 0.453 e. The van der Waals surface area contributed by atoms with Gasteiger partial charge in [0.05, 0.1) is 5.92 Å². The lowest BCUT2D eigenvalue weighted by Crippen LogP contribution is -2.36. The van der Waals surface area contributed by atoms with Crippen molar-refractivity contribution in [2.45, 2.75) is 76.8 Å². The fraction of sp³-hybridized carbons (Fsp3) is 0.929. The van der Waals surface area contributed by atoms with E-state index in [2.05, 4.69) is 0 Å². The molecule has 0 saturated carbocycles. The molecule has 0 aliphatic rings. The Kier molecular flexibility index (Phi) is 8.82. The molecule has 0 heterocycles. The first kappa shape index (κ1) is 20.1. The summed E-state index contributed by atoms with van der Waals surface area (Å²) in [5.74, 6) is -6.70. The van der Waals surface area contributed by atoms with Crippen molar-refractivity contribution in [3.05, 3.63) is 0 Å². The summed E-state index contributed by atoms with van der Waals surface area (Å²) in [6.07, 6.45) is -2.58. The number of hydrogen-bond donors (Lipinski definition) is 1. The molecule has 0 aliphatic heterocycles. The average molecular weight is 318 g/mol. The average Bonchev–Trinajstić information content (AvgIpc) is 2.34. The minimum atomic E-state index is -5.56. The zero-order valence-corrected chi connectivity index (χ0v) is 12.2. The fourth-order valence-electron chi connectivity index (χ4n) is 2.10. The van der Waals surface area contributed by atoms with Crippen molar-refractivity contribution in [1.29, 1.82) is 0 Å². The fourth-order valence-corrected chi connectivity index (χ4v) is 2.10. The molecule has 0 spiro atoms. The van der Waals surface area contributed by atoms with Crippen LogP contribution in [0.2, 0.25) is 0 Å². The van der Waals surface area contributed by atoms with Gasteiger partial charge >= 0.3 is 18.1 Å². The van der Waals surface area contributed by atoms with Crippen LogP contribution in [-0.2, 0) is 4.79 Å². The van der Waals surface area contributed by atoms with E-state index in [-0.39, 0.29) is 6.42 Å². The molecule has 0 bridgehead atoms. The van der Waals surface area contributed by atoms with Gasteiger partial charge < -0.3 is 5.11 Å². The van der Waals surface area contributed by atoms with Gasteiger partial charge in [-0.25, -0.2) is 0 Å². The largest absolute Gasteiger partial charge is 0.481 e. The maximum absolute atomic E-state index is 12.7. The molecule has 0 radical (unpaired) electrons. The van der Waals surface area contributed by atoms with Gasteiger partial charge in [-0.05, 0) is 19.3 Å². The molecule has 0 fully saturated rings. The Bertz CT molecular complexity index is 302. The summed E-state index contributed by atoms with van der Waals surface area (Å²) >= 11 is 0. The molecule has 1 unspecified atom stereocenters. The van der Waals surface area contributed by atoms with Crippen LogP contribution >= 0.6 is 0 Å². The second-order valence-electron chi connectivity index (χ2n) is 5.33. The van der Waals surface area contributed by atoms with Gasteiger partial charge in [-0.15, -0.1) is 0 Å². The van der Waals surface area contributed by atoms with Gasteiger partial charge in [0.15, 0.2) is 0 Å². The highest BCUT2D eigenvalue weighted by Gasteiger charge is 2.56. The van der Waals surface area contributed by atoms with Crippen molar-refractivity contribution in [3.8, 4) is 0 Å². The lowest BCUT2D eigenvalue weighted by atomic mass is 9.94. The highest BCUT2D eigenvalue weighted by molar-refractivity contribution is 5.69. The Balaban J connectivity index is 4.08. The summed E-state index contributed by atoms with van der Waals surface area (Å²) < 4.78 is 61.3. The van der Waals surface area contributed by atoms with Crippen LogP contribution < -0.4 is 0 Å². The van der Waals surface area contributed by atoms with E-state index in [4.69, 9.17) is 5.11 Å². The zero-order chi connectivity index (χ0) is 16.5. The predicted octanol–water partition coefficient (Wildman–Crippen LogP) is 5.42. The molecule has 126 valence electrons. The first-order valence-corrected chi connectivity index (χ1v) is 7.29. The SMILES string of the molecule is CCCCCCCC(CCCC(F)(F)C(F)(F)F)C(=O)O. The van der Waals surface area contributed by atoms with Gasteiger partial charge in [-0.1, -0.05) is 39.0 Å². The molecule has 0 aromatic rings. The lowest BCUT2D eigenvalue weighted by Gasteiger charge is -2.20. The number of unbranched alkanes of at least 4 members (excludes halogenated alkanes) is 4. The second-order valence-corrected chi connectivity index (χ2v) is 5.33. The Labute approximate surface area is 121 Å². The van der Waals surface area contributed by atoms with Crippen LogP contribution in [-0.4, -0.2) is 23.2 Å². The third kappa shape index (κ3) is 8.21. The summed E-state index contributed by atoms with van der Waals surface area (Å²) in [5.41, 5.74) is 0. The summed E-state index contributed by atoms with van der Waals surface area (Å²) in [7, 11) is 0. The second kappa shape index (κ2) is 9.20. The standard InChI is InChI=1S/C14H23F5O2/c1-2-3-4-5-6-8-11(12(20)21)9-7-10-13(15,16)14(17,18)19/h11H,2-10H2,1H3,(H,20,21). The number of alkyl halides is 5. The number of aliphatic carboxylic acids is 1. The zero-order valence-electron chi connectivity index (χ0n) is 12.2. The highest BCUT2D eigenvalue weighted by atomic mass is 19.4. The topological polar surface area (TPSA) is 37.3 Å². The van der Waals surface area contributed by atoms with Crippen LogP contribution in [0.1, 0.15) is 64.7 Å². The maximum atomic E-state index is 12.7. The van der Waals surface area contributed by atoms with E-state index in [1.165, 1.54) is 0 Å². The van der Waals surface area contributed by atoms with Gasteiger partial charge in [0.1, 0.15) is 0 Å². The molecule has 0 rings (SSSR count). The summed E-state index contributed by atoms with van der Waals surface area (Å²) in [5, 5.41) is 8.96. The van der Waals surface area contributed by atoms with Crippen LogP contribution in [0.3, 0.4) is 0 Å². The summed E-state index contributed by atoms with van der Waals surface area (Å²) in [6, 6.07) is 0. The summed E-state index contributed by atoms with van der Waals surface area (Å²) in [4.78, 5) is 11.0. The molecule has 1 atom stereocenters. The van der Waals surface area contributed by atoms with Gasteiger partial charge in [-0.3, -0.25) is 4.79 Å². The minimum absolute atomic E-state index is 0.144. The van der Waals surface area contributed by atoms with Gasteiger partial charge in [0.2, 0.25) is 0 Å². The van der Waals surface area contributed by atoms with Crippen LogP contribution in [0.5, 0.6) is 0 Å². The Hall–Kier alpha value is -0.880. The number of rotatable bonds is 11. The van der Waals surface area contributed by atoms with Crippen LogP contribution in [0.4, 0.5) is 22.0 Å². The maximum Gasteiger partial charge on any atom is 0.453 e. The molecule has 0 aromatic carbocycles. The monoisotopic (exact) mass is 318 g/mol. The van der Waals surface area contributed by atoms with E-state index in [1.807, 2.05) is 6.92 Å². The number of halogens is 5. The molecule has 7 heteroatoms. The van der Waals surface area contributed by atoms with E-state index in [0.29, 0.717) is 12.8 Å². The van der Waals surface area contributed by atoms with E-state index < -0.39 is 36.8 Å². The van der Waals surface area contributed by atoms with Crippen molar-refractivity contribution in [1.82, 2.24) is 0 Å². The first-order valence-electron chi connectivity index (χ1n) is 7.29. The summed E-state index contributed by atoms with van der Waals surface area (Å²) in [6.45, 7) is 2.04. The Morgan fingerprint density at radius 2 is 1.48 bits per heavy atom. The van der Waals surface area contributed by atoms with Gasteiger partial charge in [-0.2, -0.15) is 22.0 Å². The van der Waals surface area contributed by atoms with E-state index in [9.17, 15) is 26.7 Å². The number of hydrogen-bond acceptors (Lipinski definition) is 1. The van der Waals surface area contributed by atoms with E-state index >= 15 is 0 Å². The Morgan fingerprint density at radius 1 is 0.952 bits per heavy atom. The molecular weight excluding hydrogens is 295 g/mol. The third-order valence-electron chi connectivity index (χ3n) is 3.46. The lowest BCUT2D eigenvalue weighted by molar-refractivity contribution is -0.284. The van der Waals surface area contributed by atoms with Crippen molar-refractivity contribution >= 4 is 5.97 Å². The van der Waals surface area contributed by atoms with E-state index in [0.717, 1.165) is 25.7 Å². The Morgan fingerprint density at radius 3 is 1.95 bits per heavy atom. The molecule has 0 saturated heterocycles. The van der Waals surface area contributed by atoms with Gasteiger partial charge in [0.25, 0.3) is 0 Å². The number of carbonyl (C=O) groups is 1. The molecule has 0 amide bonds. The molecule has 0 aliphatic carbocycles. The van der Waals surface area contributed by atoms with Crippen molar-refractivity contribution < 1.29 is 31.9 Å². The highest BCUT2D eigenvalue weighted by Crippen LogP contribution is 2.39. The molecular formula is C14H23F5O2. The molecule has 1 N–H and O–H groups in total. The van der Waals surface area contributed by atoms with Crippen molar-refractivity contribution in [2.75, 3.05) is 0 Å². The quantitative estimate of drug-likeness (QED) is 0.408. The number of carboxylic acid groups (broad SMARTS) is 1. The van der Waals surface area contributed by atoms with Crippen molar-refractivity contribution in [2.24, 2.45) is 5.92 Å². The third-order valence-corrected chi connectivity index (χ3v) is 3.46. The van der Waals surface area contributed by atoms with Crippen LogP contribution in [0.15, 0.2) is 0 Å². The predicted molar refractivity (Wildman–Crippen MR) is 69.4 cm³/mol. The van der Waals surface area contributed by atoms with Gasteiger partial charge in [0, 0.05) is 6.42 Å². The first-order chi connectivity index (χ1) is 9.62.